The first-order valence-electron chi connectivity index (χ1n) is 19.7. The third-order valence-corrected chi connectivity index (χ3v) is 11.8. The lowest BCUT2D eigenvalue weighted by Crippen LogP contribution is -2.26. The minimum atomic E-state index is -0.531. The molecule has 268 valence electrons. The fraction of sp³-hybridized carbons (Fsp3) is 0.0182. The highest BCUT2D eigenvalue weighted by atomic mass is 15.1. The maximum Gasteiger partial charge on any atom is 0.0727 e. The van der Waals surface area contributed by atoms with Crippen molar-refractivity contribution in [3.05, 3.63) is 253 Å². The van der Waals surface area contributed by atoms with E-state index >= 15 is 0 Å². The Balaban J connectivity index is 1.16. The molecule has 57 heavy (non-hydrogen) atoms. The van der Waals surface area contributed by atoms with Gasteiger partial charge < -0.3 is 9.80 Å². The van der Waals surface area contributed by atoms with Crippen molar-refractivity contribution in [1.29, 1.82) is 0 Å². The van der Waals surface area contributed by atoms with Crippen LogP contribution < -0.4 is 9.80 Å². The third-order valence-electron chi connectivity index (χ3n) is 11.8. The van der Waals surface area contributed by atoms with Crippen LogP contribution in [0.2, 0.25) is 0 Å². The van der Waals surface area contributed by atoms with E-state index in [-0.39, 0.29) is 0 Å². The zero-order chi connectivity index (χ0) is 37.8. The molecule has 2 heteroatoms. The van der Waals surface area contributed by atoms with Crippen molar-refractivity contribution in [3.63, 3.8) is 0 Å². The van der Waals surface area contributed by atoms with Crippen LogP contribution in [0.5, 0.6) is 0 Å². The lowest BCUT2D eigenvalue weighted by molar-refractivity contribution is 0.793. The number of para-hydroxylation sites is 3. The quantitative estimate of drug-likeness (QED) is 0.161. The molecule has 1 spiro atoms. The third kappa shape index (κ3) is 5.18. The van der Waals surface area contributed by atoms with E-state index in [1.54, 1.807) is 0 Å². The van der Waals surface area contributed by atoms with E-state index in [1.165, 1.54) is 55.6 Å². The summed E-state index contributed by atoms with van der Waals surface area (Å²) in [7, 11) is 0. The molecule has 0 aromatic heterocycles. The van der Waals surface area contributed by atoms with Crippen molar-refractivity contribution >= 4 is 34.1 Å². The van der Waals surface area contributed by atoms with E-state index in [4.69, 9.17) is 0 Å². The number of nitrogens with zero attached hydrogens (tertiary/aromatic N) is 2. The first-order chi connectivity index (χ1) is 28.3. The highest BCUT2D eigenvalue weighted by Crippen LogP contribution is 2.64. The maximum absolute atomic E-state index is 2.47. The SMILES string of the molecule is c1ccc(-c2cccc(N(c3ccccc3)c3ccc4c(c3)C3(c5ccccc5-c5ccc(N(c6ccccc6)c6ccccc6)cc53)c3ccccc3-4)c2)cc1. The number of anilines is 6. The first-order valence-corrected chi connectivity index (χ1v) is 19.7. The Kier molecular flexibility index (Phi) is 7.75. The van der Waals surface area contributed by atoms with E-state index in [0.29, 0.717) is 0 Å². The van der Waals surface area contributed by atoms with Crippen molar-refractivity contribution < 1.29 is 0 Å². The van der Waals surface area contributed by atoms with Crippen molar-refractivity contribution in [3.8, 4) is 33.4 Å². The van der Waals surface area contributed by atoms with E-state index < -0.39 is 5.41 Å². The molecule has 9 aromatic rings. The molecule has 0 N–H and O–H groups in total. The number of rotatable bonds is 7. The van der Waals surface area contributed by atoms with Crippen LogP contribution in [0.4, 0.5) is 34.1 Å². The number of hydrogen-bond acceptors (Lipinski definition) is 2. The highest BCUT2D eigenvalue weighted by Gasteiger charge is 2.52. The van der Waals surface area contributed by atoms with Gasteiger partial charge in [-0.05, 0) is 128 Å². The normalized spacial score (nSPS) is 14.4. The van der Waals surface area contributed by atoms with Crippen LogP contribution in [0.3, 0.4) is 0 Å². The molecule has 2 aliphatic carbocycles. The predicted molar refractivity (Wildman–Crippen MR) is 238 cm³/mol. The van der Waals surface area contributed by atoms with Crippen LogP contribution in [0.1, 0.15) is 22.3 Å². The average molecular weight is 727 g/mol. The van der Waals surface area contributed by atoms with Gasteiger partial charge in [0, 0.05) is 34.1 Å². The van der Waals surface area contributed by atoms with Gasteiger partial charge in [-0.3, -0.25) is 0 Å². The van der Waals surface area contributed by atoms with Gasteiger partial charge in [-0.15, -0.1) is 0 Å². The van der Waals surface area contributed by atoms with E-state index in [1.807, 2.05) is 0 Å². The zero-order valence-electron chi connectivity index (χ0n) is 31.3. The summed E-state index contributed by atoms with van der Waals surface area (Å²) in [6, 6.07) is 84.2. The average Bonchev–Trinajstić information content (AvgIpc) is 3.75. The Morgan fingerprint density at radius 2 is 0.579 bits per heavy atom. The van der Waals surface area contributed by atoms with E-state index in [0.717, 1.165) is 34.1 Å². The molecule has 0 fully saturated rings. The molecule has 11 rings (SSSR count). The van der Waals surface area contributed by atoms with Gasteiger partial charge in [0.25, 0.3) is 0 Å². The maximum atomic E-state index is 2.47. The molecule has 0 saturated heterocycles. The van der Waals surface area contributed by atoms with Crippen molar-refractivity contribution in [2.24, 2.45) is 0 Å². The van der Waals surface area contributed by atoms with Crippen LogP contribution >= 0.6 is 0 Å². The first kappa shape index (κ1) is 33.0. The van der Waals surface area contributed by atoms with Gasteiger partial charge in [0.1, 0.15) is 0 Å². The van der Waals surface area contributed by atoms with Gasteiger partial charge in [-0.2, -0.15) is 0 Å². The summed E-state index contributed by atoms with van der Waals surface area (Å²) in [5, 5.41) is 0. The van der Waals surface area contributed by atoms with Crippen LogP contribution in [0.15, 0.2) is 231 Å². The van der Waals surface area contributed by atoms with E-state index in [9.17, 15) is 0 Å². The number of hydrogen-bond donors (Lipinski definition) is 0. The van der Waals surface area contributed by atoms with Gasteiger partial charge in [0.05, 0.1) is 5.41 Å². The Hall–Kier alpha value is -7.42. The van der Waals surface area contributed by atoms with Crippen molar-refractivity contribution in [1.82, 2.24) is 0 Å². The van der Waals surface area contributed by atoms with Gasteiger partial charge in [-0.25, -0.2) is 0 Å². The molecule has 0 saturated carbocycles. The second-order valence-electron chi connectivity index (χ2n) is 14.9. The molecule has 9 aromatic carbocycles. The number of benzene rings is 9. The topological polar surface area (TPSA) is 6.48 Å². The lowest BCUT2D eigenvalue weighted by Gasteiger charge is -2.33. The Bertz CT molecular complexity index is 2850. The molecule has 2 aliphatic rings. The van der Waals surface area contributed by atoms with Crippen LogP contribution in [-0.2, 0) is 5.41 Å². The molecule has 0 bridgehead atoms. The standard InChI is InChI=1S/C55H38N2/c1-5-18-39(19-6-1)40-20-17-27-44(36-40)57(43-25-11-4-12-26-43)46-33-35-50-48-29-14-16-31-52(48)55(54(50)38-46)51-30-15-13-28-47(51)49-34-32-45(37-53(49)55)56(41-21-7-2-8-22-41)42-23-9-3-10-24-42/h1-38H. The van der Waals surface area contributed by atoms with Crippen molar-refractivity contribution in [2.45, 2.75) is 5.41 Å². The Labute approximate surface area is 334 Å². The van der Waals surface area contributed by atoms with E-state index in [2.05, 4.69) is 240 Å². The molecule has 0 heterocycles. The minimum Gasteiger partial charge on any atom is -0.310 e. The molecule has 2 nitrogen and oxygen atoms in total. The summed E-state index contributed by atoms with van der Waals surface area (Å²) >= 11 is 0. The van der Waals surface area contributed by atoms with Crippen LogP contribution in [0, 0.1) is 0 Å². The predicted octanol–water partition coefficient (Wildman–Crippen LogP) is 14.6. The van der Waals surface area contributed by atoms with Gasteiger partial charge in [-0.1, -0.05) is 158 Å². The summed E-state index contributed by atoms with van der Waals surface area (Å²) in [6.45, 7) is 0. The molecule has 0 aliphatic heterocycles. The monoisotopic (exact) mass is 726 g/mol. The van der Waals surface area contributed by atoms with Crippen LogP contribution in [-0.4, -0.2) is 0 Å². The minimum absolute atomic E-state index is 0.531. The molecular weight excluding hydrogens is 689 g/mol. The smallest absolute Gasteiger partial charge is 0.0727 e. The summed E-state index contributed by atoms with van der Waals surface area (Å²) in [6.07, 6.45) is 0. The highest BCUT2D eigenvalue weighted by molar-refractivity contribution is 5.97. The molecule has 0 radical (unpaired) electrons. The van der Waals surface area contributed by atoms with Gasteiger partial charge in [0.2, 0.25) is 0 Å². The fourth-order valence-corrected chi connectivity index (χ4v) is 9.47. The second kappa shape index (κ2) is 13.4. The van der Waals surface area contributed by atoms with Crippen LogP contribution in [0.25, 0.3) is 33.4 Å². The summed E-state index contributed by atoms with van der Waals surface area (Å²) < 4.78 is 0. The lowest BCUT2D eigenvalue weighted by atomic mass is 9.70. The van der Waals surface area contributed by atoms with Gasteiger partial charge >= 0.3 is 0 Å². The number of fused-ring (bicyclic) bond motifs is 10. The zero-order valence-corrected chi connectivity index (χ0v) is 31.3. The Morgan fingerprint density at radius 1 is 0.228 bits per heavy atom. The summed E-state index contributed by atoms with van der Waals surface area (Å²) in [5.41, 5.74) is 19.0. The van der Waals surface area contributed by atoms with Crippen molar-refractivity contribution in [2.75, 3.05) is 9.80 Å². The summed E-state index contributed by atoms with van der Waals surface area (Å²) in [5.74, 6) is 0. The molecule has 1 atom stereocenters. The molecule has 1 unspecified atom stereocenters. The molecular formula is C55H38N2. The molecule has 0 amide bonds. The largest absolute Gasteiger partial charge is 0.310 e. The fourth-order valence-electron chi connectivity index (χ4n) is 9.47. The summed E-state index contributed by atoms with van der Waals surface area (Å²) in [4.78, 5) is 4.79. The Morgan fingerprint density at radius 3 is 1.07 bits per heavy atom. The van der Waals surface area contributed by atoms with Gasteiger partial charge in [0.15, 0.2) is 0 Å². The second-order valence-corrected chi connectivity index (χ2v) is 14.9.